The van der Waals surface area contributed by atoms with Gasteiger partial charge in [-0.3, -0.25) is 4.79 Å². The Labute approximate surface area is 151 Å². The van der Waals surface area contributed by atoms with Gasteiger partial charge in [-0.1, -0.05) is 30.7 Å². The van der Waals surface area contributed by atoms with E-state index >= 15 is 0 Å². The van der Waals surface area contributed by atoms with Gasteiger partial charge in [0.2, 0.25) is 0 Å². The first kappa shape index (κ1) is 18.8. The first-order valence-corrected chi connectivity index (χ1v) is 8.26. The molecule has 0 unspecified atom stereocenters. The molecule has 2 aromatic rings. The third-order valence-electron chi connectivity index (χ3n) is 3.56. The average Bonchev–Trinajstić information content (AvgIpc) is 2.62. The van der Waals surface area contributed by atoms with Crippen LogP contribution in [0.5, 0.6) is 5.75 Å². The van der Waals surface area contributed by atoms with Gasteiger partial charge < -0.3 is 9.64 Å². The normalized spacial score (nSPS) is 10.2. The molecule has 0 spiro atoms. The van der Waals surface area contributed by atoms with Gasteiger partial charge in [0.15, 0.2) is 6.61 Å². The Bertz CT molecular complexity index is 772. The zero-order valence-corrected chi connectivity index (χ0v) is 14.6. The second-order valence-corrected chi connectivity index (χ2v) is 5.90. The highest BCUT2D eigenvalue weighted by molar-refractivity contribution is 6.30. The van der Waals surface area contributed by atoms with Crippen molar-refractivity contribution in [2.45, 2.75) is 19.9 Å². The van der Waals surface area contributed by atoms with Gasteiger partial charge in [-0.15, -0.1) is 0 Å². The summed E-state index contributed by atoms with van der Waals surface area (Å²) in [6.07, 6.45) is 0.810. The number of halogens is 2. The predicted molar refractivity (Wildman–Crippen MR) is 93.8 cm³/mol. The number of hydrogen-bond acceptors (Lipinski definition) is 3. The highest BCUT2D eigenvalue weighted by Gasteiger charge is 2.14. The van der Waals surface area contributed by atoms with Crippen LogP contribution in [0.2, 0.25) is 5.02 Å². The lowest BCUT2D eigenvalue weighted by molar-refractivity contribution is -0.134. The van der Waals surface area contributed by atoms with Crippen molar-refractivity contribution in [1.82, 2.24) is 4.90 Å². The number of rotatable bonds is 7. The topological polar surface area (TPSA) is 53.3 Å². The van der Waals surface area contributed by atoms with Gasteiger partial charge in [-0.05, 0) is 36.2 Å². The molecule has 0 bridgehead atoms. The van der Waals surface area contributed by atoms with Crippen LogP contribution in [-0.2, 0) is 11.3 Å². The van der Waals surface area contributed by atoms with Gasteiger partial charge >= 0.3 is 0 Å². The predicted octanol–water partition coefficient (Wildman–Crippen LogP) is 4.17. The highest BCUT2D eigenvalue weighted by atomic mass is 35.5. The van der Waals surface area contributed by atoms with Crippen LogP contribution in [-0.4, -0.2) is 24.0 Å². The lowest BCUT2D eigenvalue weighted by atomic mass is 10.1. The minimum absolute atomic E-state index is 0.0482. The summed E-state index contributed by atoms with van der Waals surface area (Å²) >= 11 is 5.70. The Morgan fingerprint density at radius 1 is 1.28 bits per heavy atom. The Kier molecular flexibility index (Phi) is 6.79. The second-order valence-electron chi connectivity index (χ2n) is 5.49. The Morgan fingerprint density at radius 3 is 2.60 bits per heavy atom. The van der Waals surface area contributed by atoms with Crippen LogP contribution in [0.1, 0.15) is 24.5 Å². The number of carbonyl (C=O) groups is 1. The summed E-state index contributed by atoms with van der Waals surface area (Å²) in [5.41, 5.74) is 1.51. The van der Waals surface area contributed by atoms with Crippen molar-refractivity contribution >= 4 is 17.5 Å². The monoisotopic (exact) mass is 360 g/mol. The van der Waals surface area contributed by atoms with Crippen molar-refractivity contribution in [3.05, 3.63) is 64.4 Å². The molecule has 0 aliphatic carbocycles. The quantitative estimate of drug-likeness (QED) is 0.744. The van der Waals surface area contributed by atoms with E-state index < -0.39 is 5.82 Å². The average molecular weight is 361 g/mol. The standard InChI is InChI=1S/C19H18ClFN2O2/c1-2-9-23(12-15-5-3-14(11-22)4-6-15)19(24)13-25-16-7-8-18(21)17(20)10-16/h3-8,10H,2,9,12-13H2,1H3. The molecule has 0 radical (unpaired) electrons. The fourth-order valence-corrected chi connectivity index (χ4v) is 2.44. The summed E-state index contributed by atoms with van der Waals surface area (Å²) in [5, 5.41) is 8.79. The van der Waals surface area contributed by atoms with Crippen LogP contribution in [0.25, 0.3) is 0 Å². The van der Waals surface area contributed by atoms with Crippen molar-refractivity contribution in [2.24, 2.45) is 0 Å². The van der Waals surface area contributed by atoms with E-state index in [0.29, 0.717) is 24.4 Å². The van der Waals surface area contributed by atoms with Gasteiger partial charge in [-0.2, -0.15) is 5.26 Å². The Morgan fingerprint density at radius 2 is 2.00 bits per heavy atom. The number of ether oxygens (including phenoxy) is 1. The van der Waals surface area contributed by atoms with E-state index in [4.69, 9.17) is 21.6 Å². The van der Waals surface area contributed by atoms with E-state index in [0.717, 1.165) is 12.0 Å². The molecule has 25 heavy (non-hydrogen) atoms. The number of hydrogen-bond donors (Lipinski definition) is 0. The number of nitriles is 1. The molecule has 2 rings (SSSR count). The summed E-state index contributed by atoms with van der Waals surface area (Å²) in [6.45, 7) is 2.86. The van der Waals surface area contributed by atoms with Gasteiger partial charge in [-0.25, -0.2) is 4.39 Å². The molecular formula is C19H18ClFN2O2. The van der Waals surface area contributed by atoms with Crippen molar-refractivity contribution in [2.75, 3.05) is 13.2 Å². The van der Waals surface area contributed by atoms with Crippen LogP contribution in [0.15, 0.2) is 42.5 Å². The fourth-order valence-electron chi connectivity index (χ4n) is 2.27. The molecule has 0 heterocycles. The number of carbonyl (C=O) groups excluding carboxylic acids is 1. The molecule has 0 saturated heterocycles. The van der Waals surface area contributed by atoms with Crippen LogP contribution in [0, 0.1) is 17.1 Å². The zero-order valence-electron chi connectivity index (χ0n) is 13.8. The number of nitrogens with zero attached hydrogens (tertiary/aromatic N) is 2. The molecule has 0 aliphatic heterocycles. The van der Waals surface area contributed by atoms with Crippen molar-refractivity contribution in [1.29, 1.82) is 5.26 Å². The van der Waals surface area contributed by atoms with Crippen molar-refractivity contribution in [3.63, 3.8) is 0 Å². The molecule has 0 N–H and O–H groups in total. The molecule has 0 saturated carbocycles. The first-order valence-electron chi connectivity index (χ1n) is 7.88. The minimum Gasteiger partial charge on any atom is -0.484 e. The third-order valence-corrected chi connectivity index (χ3v) is 3.85. The molecule has 130 valence electrons. The third kappa shape index (κ3) is 5.47. The van der Waals surface area contributed by atoms with E-state index in [1.807, 2.05) is 19.1 Å². The summed E-state index contributed by atoms with van der Waals surface area (Å²) in [5.74, 6) is -0.366. The smallest absolute Gasteiger partial charge is 0.260 e. The molecule has 4 nitrogen and oxygen atoms in total. The maximum absolute atomic E-state index is 13.1. The van der Waals surface area contributed by atoms with Crippen LogP contribution < -0.4 is 4.74 Å². The summed E-state index contributed by atoms with van der Waals surface area (Å²) < 4.78 is 18.6. The molecule has 0 aromatic heterocycles. The minimum atomic E-state index is -0.534. The molecular weight excluding hydrogens is 343 g/mol. The van der Waals surface area contributed by atoms with Crippen LogP contribution in [0.4, 0.5) is 4.39 Å². The van der Waals surface area contributed by atoms with Gasteiger partial charge in [0, 0.05) is 19.2 Å². The van der Waals surface area contributed by atoms with E-state index in [1.165, 1.54) is 18.2 Å². The summed E-state index contributed by atoms with van der Waals surface area (Å²) in [6, 6.07) is 13.1. The van der Waals surface area contributed by atoms with Crippen molar-refractivity contribution in [3.8, 4) is 11.8 Å². The van der Waals surface area contributed by atoms with Crippen molar-refractivity contribution < 1.29 is 13.9 Å². The maximum atomic E-state index is 13.1. The molecule has 0 fully saturated rings. The molecule has 2 aromatic carbocycles. The van der Waals surface area contributed by atoms with Crippen LogP contribution >= 0.6 is 11.6 Å². The van der Waals surface area contributed by atoms with E-state index in [1.54, 1.807) is 17.0 Å². The lowest BCUT2D eigenvalue weighted by Gasteiger charge is -2.22. The van der Waals surface area contributed by atoms with E-state index in [9.17, 15) is 9.18 Å². The summed E-state index contributed by atoms with van der Waals surface area (Å²) in [7, 11) is 0. The number of amides is 1. The van der Waals surface area contributed by atoms with Crippen LogP contribution in [0.3, 0.4) is 0 Å². The molecule has 0 aliphatic rings. The fraction of sp³-hybridized carbons (Fsp3) is 0.263. The SMILES string of the molecule is CCCN(Cc1ccc(C#N)cc1)C(=O)COc1ccc(F)c(Cl)c1. The molecule has 1 amide bonds. The van der Waals surface area contributed by atoms with Gasteiger partial charge in [0.1, 0.15) is 11.6 Å². The van der Waals surface area contributed by atoms with Gasteiger partial charge in [0.05, 0.1) is 16.7 Å². The molecule has 0 atom stereocenters. The lowest BCUT2D eigenvalue weighted by Crippen LogP contribution is -2.35. The zero-order chi connectivity index (χ0) is 18.2. The van der Waals surface area contributed by atoms with Gasteiger partial charge in [0.25, 0.3) is 5.91 Å². The highest BCUT2D eigenvalue weighted by Crippen LogP contribution is 2.21. The maximum Gasteiger partial charge on any atom is 0.260 e. The summed E-state index contributed by atoms with van der Waals surface area (Å²) in [4.78, 5) is 14.1. The largest absolute Gasteiger partial charge is 0.484 e. The van der Waals surface area contributed by atoms with E-state index in [-0.39, 0.29) is 17.5 Å². The van der Waals surface area contributed by atoms with E-state index in [2.05, 4.69) is 6.07 Å². The Balaban J connectivity index is 1.98. The second kappa shape index (κ2) is 9.05. The first-order chi connectivity index (χ1) is 12.0. The molecule has 6 heteroatoms. The number of benzene rings is 2. The Hall–Kier alpha value is -2.58.